The standard InChI is InChI=1S/C28H27N3O3/c1-17-8-7-10-22(18(17)2)29-24(32)16-31-26(19-12-14-20(34-4)15-13-19)25-21-9-5-6-11-23(21)30(3)27(25)28(31)33/h5-15,26H,16H2,1-4H3,(H,29,32). The maximum Gasteiger partial charge on any atom is 0.272 e. The van der Waals surface area contributed by atoms with E-state index in [1.54, 1.807) is 12.0 Å². The molecule has 0 bridgehead atoms. The van der Waals surface area contributed by atoms with Crippen LogP contribution in [0.25, 0.3) is 10.9 Å². The van der Waals surface area contributed by atoms with Gasteiger partial charge in [-0.05, 0) is 54.8 Å². The van der Waals surface area contributed by atoms with E-state index in [9.17, 15) is 9.59 Å². The quantitative estimate of drug-likeness (QED) is 0.463. The number of fused-ring (bicyclic) bond motifs is 3. The minimum atomic E-state index is -0.371. The van der Waals surface area contributed by atoms with Crippen LogP contribution < -0.4 is 10.1 Å². The van der Waals surface area contributed by atoms with Crippen LogP contribution in [0.1, 0.15) is 38.8 Å². The Labute approximate surface area is 198 Å². The summed E-state index contributed by atoms with van der Waals surface area (Å²) in [6.07, 6.45) is 0. The van der Waals surface area contributed by atoms with Crippen molar-refractivity contribution >= 4 is 28.4 Å². The summed E-state index contributed by atoms with van der Waals surface area (Å²) in [7, 11) is 3.53. The molecule has 1 aromatic heterocycles. The van der Waals surface area contributed by atoms with Crippen molar-refractivity contribution in [1.29, 1.82) is 0 Å². The molecule has 1 N–H and O–H groups in total. The molecule has 0 aliphatic carbocycles. The summed E-state index contributed by atoms with van der Waals surface area (Å²) in [6, 6.07) is 21.1. The van der Waals surface area contributed by atoms with E-state index < -0.39 is 0 Å². The summed E-state index contributed by atoms with van der Waals surface area (Å²) in [6.45, 7) is 3.94. The van der Waals surface area contributed by atoms with Crippen LogP contribution in [0.3, 0.4) is 0 Å². The summed E-state index contributed by atoms with van der Waals surface area (Å²) < 4.78 is 7.26. The number of anilines is 1. The molecule has 2 heterocycles. The Kier molecular flexibility index (Phi) is 5.36. The summed E-state index contributed by atoms with van der Waals surface area (Å²) in [5.74, 6) is 0.369. The van der Waals surface area contributed by atoms with Gasteiger partial charge in [-0.15, -0.1) is 0 Å². The van der Waals surface area contributed by atoms with E-state index in [4.69, 9.17) is 4.74 Å². The van der Waals surface area contributed by atoms with Crippen molar-refractivity contribution in [2.45, 2.75) is 19.9 Å². The average molecular weight is 454 g/mol. The molecule has 5 rings (SSSR count). The number of carbonyl (C=O) groups excluding carboxylic acids is 2. The number of nitrogens with one attached hydrogen (secondary N) is 1. The first-order chi connectivity index (χ1) is 16.4. The Hall–Kier alpha value is -4.06. The van der Waals surface area contributed by atoms with Crippen LogP contribution in [0, 0.1) is 13.8 Å². The predicted octanol–water partition coefficient (Wildman–Crippen LogP) is 4.99. The van der Waals surface area contributed by atoms with Crippen LogP contribution in [-0.2, 0) is 11.8 Å². The molecule has 1 atom stereocenters. The fourth-order valence-corrected chi connectivity index (χ4v) is 4.89. The van der Waals surface area contributed by atoms with Crippen LogP contribution in [0.5, 0.6) is 5.75 Å². The highest BCUT2D eigenvalue weighted by Crippen LogP contribution is 2.44. The Bertz CT molecular complexity index is 1420. The number of hydrogen-bond acceptors (Lipinski definition) is 3. The van der Waals surface area contributed by atoms with Gasteiger partial charge in [-0.1, -0.05) is 42.5 Å². The molecule has 1 aliphatic rings. The maximum absolute atomic E-state index is 13.7. The highest BCUT2D eigenvalue weighted by molar-refractivity contribution is 6.08. The molecule has 1 unspecified atom stereocenters. The van der Waals surface area contributed by atoms with Crippen LogP contribution in [0.2, 0.25) is 0 Å². The smallest absolute Gasteiger partial charge is 0.272 e. The zero-order valence-electron chi connectivity index (χ0n) is 19.8. The van der Waals surface area contributed by atoms with Crippen molar-refractivity contribution in [3.63, 3.8) is 0 Å². The number of carbonyl (C=O) groups is 2. The van der Waals surface area contributed by atoms with Crippen LogP contribution in [-0.4, -0.2) is 34.9 Å². The summed E-state index contributed by atoms with van der Waals surface area (Å²) in [5, 5.41) is 4.02. The lowest BCUT2D eigenvalue weighted by Crippen LogP contribution is -2.37. The van der Waals surface area contributed by atoms with Gasteiger partial charge in [0.25, 0.3) is 5.91 Å². The number of aryl methyl sites for hydroxylation is 2. The average Bonchev–Trinajstić information content (AvgIpc) is 3.29. The highest BCUT2D eigenvalue weighted by atomic mass is 16.5. The van der Waals surface area contributed by atoms with Gasteiger partial charge in [-0.25, -0.2) is 0 Å². The zero-order chi connectivity index (χ0) is 24.0. The van der Waals surface area contributed by atoms with Crippen molar-refractivity contribution in [1.82, 2.24) is 9.47 Å². The number of benzene rings is 3. The monoisotopic (exact) mass is 453 g/mol. The lowest BCUT2D eigenvalue weighted by atomic mass is 9.98. The summed E-state index contributed by atoms with van der Waals surface area (Å²) >= 11 is 0. The lowest BCUT2D eigenvalue weighted by Gasteiger charge is -2.26. The summed E-state index contributed by atoms with van der Waals surface area (Å²) in [4.78, 5) is 28.5. The normalized spacial score (nSPS) is 15.0. The lowest BCUT2D eigenvalue weighted by molar-refractivity contribution is -0.117. The van der Waals surface area contributed by atoms with Gasteiger partial charge in [0, 0.05) is 29.2 Å². The van der Waals surface area contributed by atoms with E-state index in [2.05, 4.69) is 5.32 Å². The molecule has 0 fully saturated rings. The molecule has 0 saturated heterocycles. The highest BCUT2D eigenvalue weighted by Gasteiger charge is 2.42. The van der Waals surface area contributed by atoms with Gasteiger partial charge >= 0.3 is 0 Å². The summed E-state index contributed by atoms with van der Waals surface area (Å²) in [5.41, 5.74) is 6.38. The van der Waals surface area contributed by atoms with Gasteiger partial charge in [0.05, 0.1) is 13.2 Å². The van der Waals surface area contributed by atoms with Gasteiger partial charge in [0.15, 0.2) is 0 Å². The molecule has 3 aromatic carbocycles. The molecule has 2 amide bonds. The Morgan fingerprint density at radius 1 is 1.00 bits per heavy atom. The first kappa shape index (κ1) is 21.8. The third kappa shape index (κ3) is 3.43. The second-order valence-corrected chi connectivity index (χ2v) is 8.74. The van der Waals surface area contributed by atoms with E-state index in [1.807, 2.05) is 92.2 Å². The van der Waals surface area contributed by atoms with Crippen molar-refractivity contribution in [2.75, 3.05) is 19.0 Å². The number of methoxy groups -OCH3 is 1. The van der Waals surface area contributed by atoms with Gasteiger partial charge in [0.2, 0.25) is 5.91 Å². The Balaban J connectivity index is 1.56. The van der Waals surface area contributed by atoms with Crippen molar-refractivity contribution in [2.24, 2.45) is 7.05 Å². The van der Waals surface area contributed by atoms with E-state index >= 15 is 0 Å². The SMILES string of the molecule is COc1ccc(C2c3c(n(C)c4ccccc34)C(=O)N2CC(=O)Nc2cccc(C)c2C)cc1. The molecule has 0 spiro atoms. The van der Waals surface area contributed by atoms with E-state index in [-0.39, 0.29) is 24.4 Å². The van der Waals surface area contributed by atoms with Crippen molar-refractivity contribution < 1.29 is 14.3 Å². The molecule has 172 valence electrons. The third-order valence-corrected chi connectivity index (χ3v) is 6.82. The maximum atomic E-state index is 13.7. The topological polar surface area (TPSA) is 63.6 Å². The van der Waals surface area contributed by atoms with Crippen LogP contribution in [0.4, 0.5) is 5.69 Å². The van der Waals surface area contributed by atoms with Crippen LogP contribution >= 0.6 is 0 Å². The second kappa shape index (κ2) is 8.37. The van der Waals surface area contributed by atoms with Gasteiger partial charge in [0.1, 0.15) is 18.0 Å². The zero-order valence-corrected chi connectivity index (χ0v) is 19.8. The first-order valence-corrected chi connectivity index (χ1v) is 11.3. The molecular formula is C28H27N3O3. The van der Waals surface area contributed by atoms with Crippen molar-refractivity contribution in [3.8, 4) is 5.75 Å². The number of hydrogen-bond donors (Lipinski definition) is 1. The van der Waals surface area contributed by atoms with Gasteiger partial charge in [-0.2, -0.15) is 0 Å². The molecule has 34 heavy (non-hydrogen) atoms. The number of aromatic nitrogens is 1. The number of nitrogens with zero attached hydrogens (tertiary/aromatic N) is 2. The minimum absolute atomic E-state index is 0.0497. The van der Waals surface area contributed by atoms with Gasteiger partial charge < -0.3 is 19.5 Å². The van der Waals surface area contributed by atoms with Crippen LogP contribution in [0.15, 0.2) is 66.7 Å². The number of ether oxygens (including phenoxy) is 1. The van der Waals surface area contributed by atoms with E-state index in [0.29, 0.717) is 5.69 Å². The minimum Gasteiger partial charge on any atom is -0.497 e. The number of amides is 2. The van der Waals surface area contributed by atoms with E-state index in [0.717, 1.165) is 44.6 Å². The predicted molar refractivity (Wildman–Crippen MR) is 133 cm³/mol. The second-order valence-electron chi connectivity index (χ2n) is 8.74. The van der Waals surface area contributed by atoms with Gasteiger partial charge in [-0.3, -0.25) is 9.59 Å². The third-order valence-electron chi connectivity index (χ3n) is 6.82. The molecule has 1 aliphatic heterocycles. The van der Waals surface area contributed by atoms with E-state index in [1.165, 1.54) is 0 Å². The van der Waals surface area contributed by atoms with Crippen molar-refractivity contribution in [3.05, 3.63) is 94.7 Å². The fraction of sp³-hybridized carbons (Fsp3) is 0.214. The molecule has 6 nitrogen and oxygen atoms in total. The first-order valence-electron chi connectivity index (χ1n) is 11.3. The number of rotatable bonds is 5. The Morgan fingerprint density at radius 3 is 2.47 bits per heavy atom. The molecular weight excluding hydrogens is 426 g/mol. The fourth-order valence-electron chi connectivity index (χ4n) is 4.89. The Morgan fingerprint density at radius 2 is 1.74 bits per heavy atom. The number of para-hydroxylation sites is 1. The molecule has 6 heteroatoms. The molecule has 0 radical (unpaired) electrons. The molecule has 0 saturated carbocycles. The molecule has 4 aromatic rings. The largest absolute Gasteiger partial charge is 0.497 e.